The molecule has 0 unspecified atom stereocenters. The van der Waals surface area contributed by atoms with Crippen molar-refractivity contribution in [3.05, 3.63) is 156 Å². The fourth-order valence-corrected chi connectivity index (χ4v) is 5.64. The molecule has 0 spiro atoms. The monoisotopic (exact) mass is 596 g/mol. The van der Waals surface area contributed by atoms with Gasteiger partial charge in [0.15, 0.2) is 0 Å². The Morgan fingerprint density at radius 2 is 0.933 bits per heavy atom. The van der Waals surface area contributed by atoms with E-state index in [2.05, 4.69) is 201 Å². The van der Waals surface area contributed by atoms with Crippen molar-refractivity contribution in [2.75, 3.05) is 9.80 Å². The highest BCUT2D eigenvalue weighted by molar-refractivity contribution is 5.71. The fraction of sp³-hybridized carbons (Fsp3) is 0.302. The highest BCUT2D eigenvalue weighted by atomic mass is 15.2. The van der Waals surface area contributed by atoms with Crippen LogP contribution in [0, 0.1) is 19.3 Å². The summed E-state index contributed by atoms with van der Waals surface area (Å²) in [4.78, 5) is 4.72. The zero-order valence-corrected chi connectivity index (χ0v) is 29.1. The van der Waals surface area contributed by atoms with E-state index in [1.165, 1.54) is 33.6 Å². The molecule has 0 N–H and O–H groups in total. The second-order valence-electron chi connectivity index (χ2n) is 14.8. The topological polar surface area (TPSA) is 6.48 Å². The Hall–Kier alpha value is -4.30. The molecule has 0 radical (unpaired) electrons. The molecule has 2 nitrogen and oxygen atoms in total. The molecule has 0 aliphatic heterocycles. The number of nitrogens with zero attached hydrogens (tertiary/aromatic N) is 2. The highest BCUT2D eigenvalue weighted by Crippen LogP contribution is 2.38. The van der Waals surface area contributed by atoms with E-state index in [9.17, 15) is 0 Å². The molecule has 0 aromatic heterocycles. The third-order valence-electron chi connectivity index (χ3n) is 8.25. The molecule has 4 aromatic carbocycles. The van der Waals surface area contributed by atoms with E-state index in [0.29, 0.717) is 0 Å². The summed E-state index contributed by atoms with van der Waals surface area (Å²) in [6, 6.07) is 35.7. The summed E-state index contributed by atoms with van der Waals surface area (Å²) in [6.45, 7) is 26.4. The van der Waals surface area contributed by atoms with E-state index in [1.54, 1.807) is 0 Å². The van der Waals surface area contributed by atoms with Crippen molar-refractivity contribution in [3.8, 4) is 0 Å². The first-order valence-electron chi connectivity index (χ1n) is 16.1. The number of rotatable bonds is 9. The minimum Gasteiger partial charge on any atom is -0.336 e. The second kappa shape index (κ2) is 13.4. The van der Waals surface area contributed by atoms with Gasteiger partial charge in [0.2, 0.25) is 0 Å². The normalized spacial score (nSPS) is 12.8. The summed E-state index contributed by atoms with van der Waals surface area (Å²) in [5, 5.41) is 0. The number of hydrogen-bond acceptors (Lipinski definition) is 2. The van der Waals surface area contributed by atoms with Gasteiger partial charge in [0, 0.05) is 39.4 Å². The molecule has 0 amide bonds. The molecule has 2 heteroatoms. The van der Waals surface area contributed by atoms with Gasteiger partial charge < -0.3 is 9.80 Å². The van der Waals surface area contributed by atoms with Gasteiger partial charge in [-0.15, -0.1) is 0 Å². The number of hydrogen-bond donors (Lipinski definition) is 0. The van der Waals surface area contributed by atoms with E-state index in [0.717, 1.165) is 17.1 Å². The van der Waals surface area contributed by atoms with Crippen molar-refractivity contribution in [2.24, 2.45) is 5.41 Å². The van der Waals surface area contributed by atoms with Crippen molar-refractivity contribution in [1.29, 1.82) is 0 Å². The Balaban J connectivity index is 1.69. The van der Waals surface area contributed by atoms with E-state index in [-0.39, 0.29) is 16.4 Å². The summed E-state index contributed by atoms with van der Waals surface area (Å²) < 4.78 is 0. The van der Waals surface area contributed by atoms with E-state index < -0.39 is 0 Å². The molecule has 234 valence electrons. The van der Waals surface area contributed by atoms with Crippen molar-refractivity contribution < 1.29 is 0 Å². The van der Waals surface area contributed by atoms with Gasteiger partial charge in [-0.3, -0.25) is 0 Å². The lowest BCUT2D eigenvalue weighted by Crippen LogP contribution is -2.37. The summed E-state index contributed by atoms with van der Waals surface area (Å²) in [6.07, 6.45) is 8.41. The summed E-state index contributed by atoms with van der Waals surface area (Å²) in [7, 11) is 0. The maximum absolute atomic E-state index is 4.02. The van der Waals surface area contributed by atoms with Crippen LogP contribution in [-0.4, -0.2) is 5.54 Å². The number of benzene rings is 4. The van der Waals surface area contributed by atoms with Gasteiger partial charge in [-0.05, 0) is 112 Å². The molecular weight excluding hydrogens is 544 g/mol. The maximum atomic E-state index is 4.02. The molecule has 0 aliphatic carbocycles. The molecule has 4 aromatic rings. The lowest BCUT2D eigenvalue weighted by Gasteiger charge is -2.38. The summed E-state index contributed by atoms with van der Waals surface area (Å²) in [5.74, 6) is 0. The van der Waals surface area contributed by atoms with Crippen LogP contribution in [0.15, 0.2) is 134 Å². The van der Waals surface area contributed by atoms with E-state index in [1.807, 2.05) is 6.08 Å². The molecule has 0 bridgehead atoms. The van der Waals surface area contributed by atoms with Crippen LogP contribution in [0.2, 0.25) is 0 Å². The number of aryl methyl sites for hydroxylation is 2. The maximum Gasteiger partial charge on any atom is 0.0461 e. The van der Waals surface area contributed by atoms with Crippen LogP contribution in [0.1, 0.15) is 77.6 Å². The van der Waals surface area contributed by atoms with Gasteiger partial charge in [-0.2, -0.15) is 0 Å². The minimum atomic E-state index is -0.173. The number of allylic oxidation sites excluding steroid dienone is 4. The summed E-state index contributed by atoms with van der Waals surface area (Å²) >= 11 is 0. The zero-order chi connectivity index (χ0) is 33.0. The first kappa shape index (κ1) is 33.6. The van der Waals surface area contributed by atoms with Gasteiger partial charge in [-0.25, -0.2) is 0 Å². The lowest BCUT2D eigenvalue weighted by atomic mass is 9.78. The van der Waals surface area contributed by atoms with Gasteiger partial charge >= 0.3 is 0 Å². The Bertz CT molecular complexity index is 1620. The van der Waals surface area contributed by atoms with Crippen LogP contribution in [0.5, 0.6) is 0 Å². The zero-order valence-electron chi connectivity index (χ0n) is 29.1. The third kappa shape index (κ3) is 8.25. The molecule has 45 heavy (non-hydrogen) atoms. The van der Waals surface area contributed by atoms with Gasteiger partial charge in [0.1, 0.15) is 0 Å². The predicted octanol–water partition coefficient (Wildman–Crippen LogP) is 12.4. The van der Waals surface area contributed by atoms with Crippen molar-refractivity contribution in [1.82, 2.24) is 0 Å². The molecule has 0 saturated carbocycles. The van der Waals surface area contributed by atoms with Crippen LogP contribution >= 0.6 is 0 Å². The highest BCUT2D eigenvalue weighted by Gasteiger charge is 2.27. The average Bonchev–Trinajstić information content (AvgIpc) is 2.97. The standard InChI is InChI=1S/C43H52N2/c1-12-13-36(30-31-41(4,5)6)44(37-22-14-32(2)15-23-37)38-26-18-34(19-27-38)43(10,11)35-20-28-40(29-21-35)45(42(7,8)9)39-24-16-33(3)17-25-39/h12-31H,1H2,2-11H3/b31-30-,36-13+. The molecule has 0 saturated heterocycles. The molecule has 0 aliphatic rings. The molecule has 0 heterocycles. The Kier molecular flexibility index (Phi) is 9.98. The molecule has 0 fully saturated rings. The van der Waals surface area contributed by atoms with Crippen LogP contribution in [0.3, 0.4) is 0 Å². The van der Waals surface area contributed by atoms with Crippen molar-refractivity contribution in [2.45, 2.75) is 80.2 Å². The van der Waals surface area contributed by atoms with Gasteiger partial charge in [0.05, 0.1) is 0 Å². The smallest absolute Gasteiger partial charge is 0.0461 e. The van der Waals surface area contributed by atoms with E-state index >= 15 is 0 Å². The van der Waals surface area contributed by atoms with Crippen molar-refractivity contribution in [3.63, 3.8) is 0 Å². The molecule has 0 atom stereocenters. The van der Waals surface area contributed by atoms with Crippen molar-refractivity contribution >= 4 is 22.7 Å². The van der Waals surface area contributed by atoms with Crippen LogP contribution in [-0.2, 0) is 5.41 Å². The second-order valence-corrected chi connectivity index (χ2v) is 14.8. The Morgan fingerprint density at radius 1 is 0.556 bits per heavy atom. The van der Waals surface area contributed by atoms with Gasteiger partial charge in [-0.1, -0.05) is 113 Å². The largest absolute Gasteiger partial charge is 0.336 e. The molecular formula is C43H52N2. The van der Waals surface area contributed by atoms with Crippen LogP contribution < -0.4 is 9.80 Å². The molecule has 4 rings (SSSR count). The summed E-state index contributed by atoms with van der Waals surface area (Å²) in [5.41, 5.74) is 10.6. The minimum absolute atomic E-state index is 0.0622. The quantitative estimate of drug-likeness (QED) is 0.177. The fourth-order valence-electron chi connectivity index (χ4n) is 5.64. The lowest BCUT2D eigenvalue weighted by molar-refractivity contribution is 0.544. The van der Waals surface area contributed by atoms with Gasteiger partial charge in [0.25, 0.3) is 0 Å². The number of anilines is 4. The predicted molar refractivity (Wildman–Crippen MR) is 198 cm³/mol. The Morgan fingerprint density at radius 3 is 1.31 bits per heavy atom. The average molecular weight is 597 g/mol. The first-order valence-corrected chi connectivity index (χ1v) is 16.1. The van der Waals surface area contributed by atoms with Crippen LogP contribution in [0.4, 0.5) is 22.7 Å². The SMILES string of the molecule is C=C/C=C(\C=C/C(C)(C)C)N(c1ccc(C)cc1)c1ccc(C(C)(C)c2ccc(N(c3ccc(C)cc3)C(C)(C)C)cc2)cc1. The van der Waals surface area contributed by atoms with E-state index in [4.69, 9.17) is 0 Å². The van der Waals surface area contributed by atoms with Crippen LogP contribution in [0.25, 0.3) is 0 Å². The first-order chi connectivity index (χ1) is 21.1. The Labute approximate surface area is 273 Å². The third-order valence-corrected chi connectivity index (χ3v) is 8.25.